The average molecular weight is 261 g/mol. The number of carboxylic acids is 1. The minimum Gasteiger partial charge on any atom is -0.481 e. The van der Waals surface area contributed by atoms with Gasteiger partial charge in [0.25, 0.3) is 0 Å². The molecule has 0 aromatic heterocycles. The van der Waals surface area contributed by atoms with E-state index in [9.17, 15) is 9.90 Å². The third kappa shape index (κ3) is 2.65. The van der Waals surface area contributed by atoms with E-state index in [1.54, 1.807) is 0 Å². The van der Waals surface area contributed by atoms with E-state index in [0.29, 0.717) is 26.1 Å². The number of piperidine rings is 1. The molecular formula is C15H19NO3. The Hall–Kier alpha value is -1.39. The fraction of sp³-hybridized carbons (Fsp3) is 0.533. The number of rotatable bonds is 3. The highest BCUT2D eigenvalue weighted by atomic mass is 16.5. The van der Waals surface area contributed by atoms with Gasteiger partial charge in [0.2, 0.25) is 0 Å². The van der Waals surface area contributed by atoms with Crippen LogP contribution in [0.2, 0.25) is 0 Å². The molecule has 0 radical (unpaired) electrons. The summed E-state index contributed by atoms with van der Waals surface area (Å²) in [5.41, 5.74) is 1.29. The molecule has 2 fully saturated rings. The SMILES string of the molecule is O=C(O)C1CC2COCC(C1)N2Cc1ccccc1. The molecule has 1 aromatic rings. The van der Waals surface area contributed by atoms with Crippen molar-refractivity contribution in [3.05, 3.63) is 35.9 Å². The Balaban J connectivity index is 1.74. The molecule has 0 spiro atoms. The second-order valence-electron chi connectivity index (χ2n) is 5.51. The van der Waals surface area contributed by atoms with Crippen molar-refractivity contribution in [1.82, 2.24) is 4.90 Å². The van der Waals surface area contributed by atoms with E-state index in [0.717, 1.165) is 6.54 Å². The molecule has 4 heteroatoms. The first kappa shape index (κ1) is 12.6. The molecular weight excluding hydrogens is 242 g/mol. The number of fused-ring (bicyclic) bond motifs is 2. The number of ether oxygens (including phenoxy) is 1. The molecule has 1 N–H and O–H groups in total. The fourth-order valence-electron chi connectivity index (χ4n) is 3.24. The fourth-order valence-corrected chi connectivity index (χ4v) is 3.24. The molecule has 2 saturated heterocycles. The maximum atomic E-state index is 11.2. The number of carbonyl (C=O) groups is 1. The van der Waals surface area contributed by atoms with E-state index in [1.165, 1.54) is 5.56 Å². The lowest BCUT2D eigenvalue weighted by atomic mass is 9.85. The predicted molar refractivity (Wildman–Crippen MR) is 70.7 cm³/mol. The predicted octanol–water partition coefficient (Wildman–Crippen LogP) is 1.75. The van der Waals surface area contributed by atoms with Crippen LogP contribution in [0, 0.1) is 5.92 Å². The summed E-state index contributed by atoms with van der Waals surface area (Å²) in [5.74, 6) is -0.859. The van der Waals surface area contributed by atoms with E-state index in [4.69, 9.17) is 4.74 Å². The van der Waals surface area contributed by atoms with Crippen molar-refractivity contribution >= 4 is 5.97 Å². The maximum Gasteiger partial charge on any atom is 0.306 e. The first-order valence-electron chi connectivity index (χ1n) is 6.84. The molecule has 3 rings (SSSR count). The van der Waals surface area contributed by atoms with Crippen LogP contribution in [0.5, 0.6) is 0 Å². The van der Waals surface area contributed by atoms with E-state index in [-0.39, 0.29) is 18.0 Å². The molecule has 4 nitrogen and oxygen atoms in total. The summed E-state index contributed by atoms with van der Waals surface area (Å²) in [6.45, 7) is 2.21. The van der Waals surface area contributed by atoms with Gasteiger partial charge in [0.15, 0.2) is 0 Å². The van der Waals surface area contributed by atoms with Gasteiger partial charge in [-0.1, -0.05) is 30.3 Å². The highest BCUT2D eigenvalue weighted by Crippen LogP contribution is 2.32. The van der Waals surface area contributed by atoms with E-state index < -0.39 is 5.97 Å². The molecule has 19 heavy (non-hydrogen) atoms. The van der Waals surface area contributed by atoms with Crippen LogP contribution in [0.3, 0.4) is 0 Å². The van der Waals surface area contributed by atoms with Crippen LogP contribution in [0.4, 0.5) is 0 Å². The normalized spacial score (nSPS) is 31.1. The number of hydrogen-bond acceptors (Lipinski definition) is 3. The Bertz CT molecular complexity index is 434. The quantitative estimate of drug-likeness (QED) is 0.900. The van der Waals surface area contributed by atoms with Crippen LogP contribution in [-0.2, 0) is 16.1 Å². The van der Waals surface area contributed by atoms with Crippen molar-refractivity contribution in [2.75, 3.05) is 13.2 Å². The van der Waals surface area contributed by atoms with Crippen molar-refractivity contribution in [1.29, 1.82) is 0 Å². The second kappa shape index (κ2) is 5.31. The number of aliphatic carboxylic acids is 1. The van der Waals surface area contributed by atoms with E-state index in [2.05, 4.69) is 17.0 Å². The van der Waals surface area contributed by atoms with E-state index >= 15 is 0 Å². The van der Waals surface area contributed by atoms with Crippen LogP contribution < -0.4 is 0 Å². The molecule has 2 aliphatic heterocycles. The topological polar surface area (TPSA) is 49.8 Å². The monoisotopic (exact) mass is 261 g/mol. The Morgan fingerprint density at radius 1 is 1.21 bits per heavy atom. The summed E-state index contributed by atoms with van der Waals surface area (Å²) >= 11 is 0. The Morgan fingerprint density at radius 2 is 1.84 bits per heavy atom. The minimum atomic E-state index is -0.656. The molecule has 0 aliphatic carbocycles. The lowest BCUT2D eigenvalue weighted by Crippen LogP contribution is -2.57. The molecule has 2 heterocycles. The Morgan fingerprint density at radius 3 is 2.42 bits per heavy atom. The largest absolute Gasteiger partial charge is 0.481 e. The highest BCUT2D eigenvalue weighted by Gasteiger charge is 2.41. The summed E-state index contributed by atoms with van der Waals surface area (Å²) in [6, 6.07) is 10.9. The van der Waals surface area contributed by atoms with Gasteiger partial charge < -0.3 is 9.84 Å². The zero-order valence-electron chi connectivity index (χ0n) is 10.9. The number of nitrogens with zero attached hydrogens (tertiary/aromatic N) is 1. The summed E-state index contributed by atoms with van der Waals surface area (Å²) in [5, 5.41) is 9.21. The Kier molecular flexibility index (Phi) is 3.53. The highest BCUT2D eigenvalue weighted by molar-refractivity contribution is 5.70. The van der Waals surface area contributed by atoms with Gasteiger partial charge in [-0.15, -0.1) is 0 Å². The van der Waals surface area contributed by atoms with Crippen molar-refractivity contribution in [3.8, 4) is 0 Å². The number of carboxylic acid groups (broad SMARTS) is 1. The van der Waals surface area contributed by atoms with Crippen molar-refractivity contribution < 1.29 is 14.6 Å². The zero-order chi connectivity index (χ0) is 13.2. The van der Waals surface area contributed by atoms with E-state index in [1.807, 2.05) is 18.2 Å². The third-order valence-electron chi connectivity index (χ3n) is 4.23. The number of hydrogen-bond donors (Lipinski definition) is 1. The molecule has 0 saturated carbocycles. The van der Waals surface area contributed by atoms with Gasteiger partial charge in [-0.05, 0) is 18.4 Å². The standard InChI is InChI=1S/C15H19NO3/c17-15(18)12-6-13-9-19-10-14(7-12)16(13)8-11-4-2-1-3-5-11/h1-5,12-14H,6-10H2,(H,17,18). The molecule has 2 bridgehead atoms. The zero-order valence-corrected chi connectivity index (χ0v) is 10.9. The van der Waals surface area contributed by atoms with Crippen LogP contribution in [0.25, 0.3) is 0 Å². The lowest BCUT2D eigenvalue weighted by Gasteiger charge is -2.47. The van der Waals surface area contributed by atoms with Gasteiger partial charge in [0.05, 0.1) is 19.1 Å². The minimum absolute atomic E-state index is 0.203. The second-order valence-corrected chi connectivity index (χ2v) is 5.51. The summed E-state index contributed by atoms with van der Waals surface area (Å²) in [6.07, 6.45) is 1.41. The van der Waals surface area contributed by atoms with Gasteiger partial charge in [-0.25, -0.2) is 0 Å². The summed E-state index contributed by atoms with van der Waals surface area (Å²) in [4.78, 5) is 13.6. The summed E-state index contributed by atoms with van der Waals surface area (Å²) < 4.78 is 5.60. The maximum absolute atomic E-state index is 11.2. The van der Waals surface area contributed by atoms with Crippen LogP contribution in [-0.4, -0.2) is 41.3 Å². The lowest BCUT2D eigenvalue weighted by molar-refractivity contribution is -0.151. The van der Waals surface area contributed by atoms with Gasteiger partial charge in [-0.3, -0.25) is 9.69 Å². The summed E-state index contributed by atoms with van der Waals surface area (Å²) in [7, 11) is 0. The third-order valence-corrected chi connectivity index (χ3v) is 4.23. The van der Waals surface area contributed by atoms with Gasteiger partial charge in [-0.2, -0.15) is 0 Å². The van der Waals surface area contributed by atoms with Gasteiger partial charge in [0, 0.05) is 18.6 Å². The smallest absolute Gasteiger partial charge is 0.306 e. The first-order valence-corrected chi connectivity index (χ1v) is 6.84. The number of morpholine rings is 1. The van der Waals surface area contributed by atoms with Gasteiger partial charge in [0.1, 0.15) is 0 Å². The van der Waals surface area contributed by atoms with Crippen LogP contribution in [0.15, 0.2) is 30.3 Å². The first-order chi connectivity index (χ1) is 9.24. The van der Waals surface area contributed by atoms with Crippen molar-refractivity contribution in [2.45, 2.75) is 31.5 Å². The Labute approximate surface area is 113 Å². The average Bonchev–Trinajstić information content (AvgIpc) is 2.39. The molecule has 0 amide bonds. The van der Waals surface area contributed by atoms with Crippen LogP contribution >= 0.6 is 0 Å². The molecule has 2 unspecified atom stereocenters. The molecule has 102 valence electrons. The molecule has 1 aromatic carbocycles. The van der Waals surface area contributed by atoms with Crippen molar-refractivity contribution in [2.24, 2.45) is 5.92 Å². The molecule has 2 atom stereocenters. The number of benzene rings is 1. The van der Waals surface area contributed by atoms with Crippen molar-refractivity contribution in [3.63, 3.8) is 0 Å². The van der Waals surface area contributed by atoms with Gasteiger partial charge >= 0.3 is 5.97 Å². The molecule has 2 aliphatic rings. The van der Waals surface area contributed by atoms with Crippen LogP contribution in [0.1, 0.15) is 18.4 Å².